The quantitative estimate of drug-likeness (QED) is 0.578. The number of nitrogens with two attached hydrogens (primary N) is 1. The number of nitrogen functional groups attached to an aromatic ring is 1. The average Bonchev–Trinajstić information content (AvgIpc) is 2.44. The lowest BCUT2D eigenvalue weighted by Crippen LogP contribution is -1.97. The number of hydrogen-bond donors (Lipinski definition) is 1. The van der Waals surface area contributed by atoms with Crippen LogP contribution in [0.1, 0.15) is 0 Å². The summed E-state index contributed by atoms with van der Waals surface area (Å²) in [6.07, 6.45) is 5.01. The van der Waals surface area contributed by atoms with Crippen molar-refractivity contribution in [1.29, 1.82) is 0 Å². The third-order valence-corrected chi connectivity index (χ3v) is 2.65. The van der Waals surface area contributed by atoms with Crippen molar-refractivity contribution in [2.24, 2.45) is 0 Å². The highest BCUT2D eigenvalue weighted by Gasteiger charge is 1.98. The second kappa shape index (κ2) is 5.78. The molecule has 0 spiro atoms. The van der Waals surface area contributed by atoms with E-state index in [4.69, 9.17) is 5.73 Å². The van der Waals surface area contributed by atoms with Crippen LogP contribution in [0.4, 0.5) is 5.69 Å². The summed E-state index contributed by atoms with van der Waals surface area (Å²) in [6, 6.07) is 14.1. The fourth-order valence-corrected chi connectivity index (χ4v) is 1.69. The largest absolute Gasteiger partial charge is 0.398 e. The molecule has 1 aliphatic carbocycles. The summed E-state index contributed by atoms with van der Waals surface area (Å²) in [5, 5.41) is 2.34. The van der Waals surface area contributed by atoms with Crippen molar-refractivity contribution in [1.82, 2.24) is 0 Å². The summed E-state index contributed by atoms with van der Waals surface area (Å²) in [5.41, 5.74) is 6.61. The van der Waals surface area contributed by atoms with E-state index in [1.807, 2.05) is 30.3 Å². The molecular weight excluding hydrogens is 238 g/mol. The zero-order valence-corrected chi connectivity index (χ0v) is 10.2. The predicted molar refractivity (Wildman–Crippen MR) is 76.7 cm³/mol. The molecule has 0 radical (unpaired) electrons. The van der Waals surface area contributed by atoms with Crippen LogP contribution in [0.2, 0.25) is 0 Å². The van der Waals surface area contributed by atoms with Crippen LogP contribution in [-0.4, -0.2) is 11.6 Å². The standard InChI is InChI=1S/C10H9N.C6H4O2/c11-10-7-3-5-8-4-1-2-6-9(8)10;7-5-1-2-6(8)4-3-5/h1-7H,11H2;1-4H. The summed E-state index contributed by atoms with van der Waals surface area (Å²) >= 11 is 0. The van der Waals surface area contributed by atoms with Gasteiger partial charge >= 0.3 is 0 Å². The first-order chi connectivity index (χ1) is 9.16. The van der Waals surface area contributed by atoms with Crippen LogP contribution in [0, 0.1) is 0 Å². The first kappa shape index (κ1) is 12.8. The minimum absolute atomic E-state index is 0.121. The third-order valence-electron chi connectivity index (χ3n) is 2.65. The van der Waals surface area contributed by atoms with Gasteiger partial charge < -0.3 is 5.73 Å². The highest BCUT2D eigenvalue weighted by molar-refractivity contribution is 6.14. The molecule has 0 bridgehead atoms. The van der Waals surface area contributed by atoms with E-state index >= 15 is 0 Å². The molecule has 0 aliphatic heterocycles. The summed E-state index contributed by atoms with van der Waals surface area (Å²) in [4.78, 5) is 20.6. The Labute approximate surface area is 111 Å². The Bertz CT molecular complexity index is 641. The smallest absolute Gasteiger partial charge is 0.178 e. The Morgan fingerprint density at radius 1 is 0.684 bits per heavy atom. The van der Waals surface area contributed by atoms with E-state index in [0.717, 1.165) is 11.1 Å². The Hall–Kier alpha value is -2.68. The number of carbonyl (C=O) groups excluding carboxylic acids is 2. The van der Waals surface area contributed by atoms with E-state index in [1.54, 1.807) is 0 Å². The van der Waals surface area contributed by atoms with E-state index in [0.29, 0.717) is 0 Å². The van der Waals surface area contributed by atoms with Gasteiger partial charge in [-0.05, 0) is 35.8 Å². The summed E-state index contributed by atoms with van der Waals surface area (Å²) < 4.78 is 0. The fourth-order valence-electron chi connectivity index (χ4n) is 1.69. The molecular formula is C16H13NO2. The van der Waals surface area contributed by atoms with Crippen LogP contribution in [0.5, 0.6) is 0 Å². The average molecular weight is 251 g/mol. The molecule has 0 amide bonds. The van der Waals surface area contributed by atoms with Gasteiger partial charge in [0.2, 0.25) is 0 Å². The zero-order chi connectivity index (χ0) is 13.7. The van der Waals surface area contributed by atoms with Gasteiger partial charge in [-0.25, -0.2) is 0 Å². The van der Waals surface area contributed by atoms with E-state index in [-0.39, 0.29) is 11.6 Å². The number of ketones is 2. The highest BCUT2D eigenvalue weighted by atomic mass is 16.1. The number of benzene rings is 2. The van der Waals surface area contributed by atoms with Crippen molar-refractivity contribution in [2.75, 3.05) is 5.73 Å². The van der Waals surface area contributed by atoms with Crippen LogP contribution in [-0.2, 0) is 9.59 Å². The van der Waals surface area contributed by atoms with Gasteiger partial charge in [-0.15, -0.1) is 0 Å². The van der Waals surface area contributed by atoms with Crippen molar-refractivity contribution in [3.05, 3.63) is 66.8 Å². The molecule has 2 aromatic carbocycles. The van der Waals surface area contributed by atoms with Crippen molar-refractivity contribution in [2.45, 2.75) is 0 Å². The van der Waals surface area contributed by atoms with Gasteiger partial charge in [0.1, 0.15) is 0 Å². The van der Waals surface area contributed by atoms with Crippen LogP contribution in [0.3, 0.4) is 0 Å². The number of rotatable bonds is 0. The zero-order valence-electron chi connectivity index (χ0n) is 10.2. The van der Waals surface area contributed by atoms with Crippen molar-refractivity contribution in [3.8, 4) is 0 Å². The lowest BCUT2D eigenvalue weighted by molar-refractivity contribution is -0.113. The third kappa shape index (κ3) is 3.39. The van der Waals surface area contributed by atoms with Gasteiger partial charge in [-0.1, -0.05) is 36.4 Å². The normalized spacial score (nSPS) is 13.3. The number of allylic oxidation sites excluding steroid dienone is 4. The predicted octanol–water partition coefficient (Wildman–Crippen LogP) is 2.67. The number of hydrogen-bond acceptors (Lipinski definition) is 3. The first-order valence-corrected chi connectivity index (χ1v) is 5.84. The second-order valence-corrected chi connectivity index (χ2v) is 4.04. The molecule has 0 aromatic heterocycles. The van der Waals surface area contributed by atoms with E-state index in [1.165, 1.54) is 29.7 Å². The molecule has 0 saturated carbocycles. The Morgan fingerprint density at radius 2 is 1.21 bits per heavy atom. The van der Waals surface area contributed by atoms with Crippen LogP contribution in [0.15, 0.2) is 66.8 Å². The molecule has 94 valence electrons. The Balaban J connectivity index is 0.000000148. The van der Waals surface area contributed by atoms with Gasteiger partial charge in [0.25, 0.3) is 0 Å². The second-order valence-electron chi connectivity index (χ2n) is 4.04. The number of carbonyl (C=O) groups is 2. The van der Waals surface area contributed by atoms with Gasteiger partial charge in [-0.2, -0.15) is 0 Å². The Kier molecular flexibility index (Phi) is 3.88. The van der Waals surface area contributed by atoms with Crippen LogP contribution in [0.25, 0.3) is 10.8 Å². The molecule has 2 aromatic rings. The maximum absolute atomic E-state index is 10.3. The molecule has 3 heteroatoms. The monoisotopic (exact) mass is 251 g/mol. The van der Waals surface area contributed by atoms with Crippen LogP contribution >= 0.6 is 0 Å². The molecule has 0 unspecified atom stereocenters. The molecule has 3 nitrogen and oxygen atoms in total. The molecule has 2 N–H and O–H groups in total. The maximum atomic E-state index is 10.3. The molecule has 0 atom stereocenters. The number of anilines is 1. The van der Waals surface area contributed by atoms with Crippen molar-refractivity contribution < 1.29 is 9.59 Å². The summed E-state index contributed by atoms with van der Waals surface area (Å²) in [6.45, 7) is 0. The molecule has 19 heavy (non-hydrogen) atoms. The van der Waals surface area contributed by atoms with E-state index in [9.17, 15) is 9.59 Å². The minimum atomic E-state index is -0.121. The molecule has 1 aliphatic rings. The molecule has 3 rings (SSSR count). The Morgan fingerprint density at radius 3 is 1.79 bits per heavy atom. The SMILES string of the molecule is Nc1cccc2ccccc12.O=C1C=CC(=O)C=C1. The van der Waals surface area contributed by atoms with Gasteiger partial charge in [-0.3, -0.25) is 9.59 Å². The fraction of sp³-hybridized carbons (Fsp3) is 0. The molecule has 0 saturated heterocycles. The first-order valence-electron chi connectivity index (χ1n) is 5.84. The van der Waals surface area contributed by atoms with Gasteiger partial charge in [0, 0.05) is 11.1 Å². The van der Waals surface area contributed by atoms with Crippen molar-refractivity contribution >= 4 is 28.0 Å². The van der Waals surface area contributed by atoms with Gasteiger partial charge in [0.05, 0.1) is 0 Å². The van der Waals surface area contributed by atoms with Gasteiger partial charge in [0.15, 0.2) is 11.6 Å². The minimum Gasteiger partial charge on any atom is -0.398 e. The topological polar surface area (TPSA) is 60.2 Å². The van der Waals surface area contributed by atoms with E-state index in [2.05, 4.69) is 12.1 Å². The van der Waals surface area contributed by atoms with E-state index < -0.39 is 0 Å². The summed E-state index contributed by atoms with van der Waals surface area (Å²) in [7, 11) is 0. The lowest BCUT2D eigenvalue weighted by Gasteiger charge is -1.98. The molecule has 0 fully saturated rings. The lowest BCUT2D eigenvalue weighted by atomic mass is 10.1. The summed E-state index contributed by atoms with van der Waals surface area (Å²) in [5.74, 6) is -0.241. The maximum Gasteiger partial charge on any atom is 0.178 e. The number of fused-ring (bicyclic) bond motifs is 1. The van der Waals surface area contributed by atoms with Crippen LogP contribution < -0.4 is 5.73 Å². The molecule has 0 heterocycles. The van der Waals surface area contributed by atoms with Crippen molar-refractivity contribution in [3.63, 3.8) is 0 Å². The highest BCUT2D eigenvalue weighted by Crippen LogP contribution is 2.19.